The van der Waals surface area contributed by atoms with Crippen molar-refractivity contribution >= 4 is 11.9 Å². The molecule has 55 valence electrons. The summed E-state index contributed by atoms with van der Waals surface area (Å²) in [4.78, 5) is 19.1. The number of hydrogen-bond acceptors (Lipinski definition) is 5. The molecular formula is C4H4O5V. The zero-order valence-corrected chi connectivity index (χ0v) is 6.30. The van der Waals surface area contributed by atoms with Crippen LogP contribution in [0.3, 0.4) is 0 Å². The van der Waals surface area contributed by atoms with Gasteiger partial charge in [-0.3, -0.25) is 0 Å². The standard InChI is InChI=1S/C4H6O5.V/c5-3(6)1-9-2-4(7)8;/h1-2H2,(H,5,6)(H,7,8);/q;+2/p-2. The number of hydrogen-bond donors (Lipinski definition) is 0. The van der Waals surface area contributed by atoms with Crippen molar-refractivity contribution < 1.29 is 43.1 Å². The predicted molar refractivity (Wildman–Crippen MR) is 20.8 cm³/mol. The smallest absolute Gasteiger partial charge is 0.548 e. The average Bonchev–Trinajstić information content (AvgIpc) is 1.63. The first kappa shape index (κ1) is 12.2. The van der Waals surface area contributed by atoms with Gasteiger partial charge in [-0.05, 0) is 0 Å². The van der Waals surface area contributed by atoms with Crippen LogP contribution in [0.4, 0.5) is 0 Å². The van der Waals surface area contributed by atoms with Gasteiger partial charge in [0.25, 0.3) is 0 Å². The van der Waals surface area contributed by atoms with Crippen molar-refractivity contribution in [2.75, 3.05) is 13.2 Å². The molecule has 0 N–H and O–H groups in total. The third-order valence-electron chi connectivity index (χ3n) is 0.440. The molecule has 0 saturated heterocycles. The maximum absolute atomic E-state index is 9.53. The van der Waals surface area contributed by atoms with Gasteiger partial charge in [0.1, 0.15) is 0 Å². The summed E-state index contributed by atoms with van der Waals surface area (Å²) >= 11 is 0. The van der Waals surface area contributed by atoms with Gasteiger partial charge in [0.15, 0.2) is 0 Å². The van der Waals surface area contributed by atoms with Crippen molar-refractivity contribution in [1.82, 2.24) is 0 Å². The first-order valence-corrected chi connectivity index (χ1v) is 2.10. The number of rotatable bonds is 4. The van der Waals surface area contributed by atoms with Gasteiger partial charge < -0.3 is 24.5 Å². The van der Waals surface area contributed by atoms with E-state index in [-0.39, 0.29) is 18.6 Å². The summed E-state index contributed by atoms with van der Waals surface area (Å²) in [6.45, 7) is -1.43. The number of carbonyl (C=O) groups excluding carboxylic acids is 2. The molecule has 0 unspecified atom stereocenters. The van der Waals surface area contributed by atoms with E-state index >= 15 is 0 Å². The van der Waals surface area contributed by atoms with Crippen LogP contribution >= 0.6 is 0 Å². The largest absolute Gasteiger partial charge is 2.00 e. The second kappa shape index (κ2) is 6.60. The summed E-state index contributed by atoms with van der Waals surface area (Å²) in [6.07, 6.45) is 0. The van der Waals surface area contributed by atoms with Gasteiger partial charge in [-0.2, -0.15) is 0 Å². The van der Waals surface area contributed by atoms with Crippen LogP contribution in [-0.2, 0) is 32.9 Å². The van der Waals surface area contributed by atoms with Crippen molar-refractivity contribution in [2.24, 2.45) is 0 Å². The maximum Gasteiger partial charge on any atom is 2.00 e. The third kappa shape index (κ3) is 10.5. The topological polar surface area (TPSA) is 89.5 Å². The van der Waals surface area contributed by atoms with Gasteiger partial charge in [0.2, 0.25) is 0 Å². The molecule has 0 bridgehead atoms. The van der Waals surface area contributed by atoms with Gasteiger partial charge in [0.05, 0.1) is 25.2 Å². The summed E-state index contributed by atoms with van der Waals surface area (Å²) in [6, 6.07) is 0. The van der Waals surface area contributed by atoms with E-state index in [0.29, 0.717) is 0 Å². The van der Waals surface area contributed by atoms with E-state index in [1.165, 1.54) is 0 Å². The molecule has 0 rings (SSSR count). The Morgan fingerprint density at radius 3 is 1.60 bits per heavy atom. The molecule has 1 radical (unpaired) electrons. The van der Waals surface area contributed by atoms with E-state index in [9.17, 15) is 19.8 Å². The van der Waals surface area contributed by atoms with Crippen LogP contribution in [0.1, 0.15) is 0 Å². The molecule has 0 aliphatic carbocycles. The fourth-order valence-corrected chi connectivity index (χ4v) is 0.218. The molecule has 0 atom stereocenters. The quantitative estimate of drug-likeness (QED) is 0.451. The van der Waals surface area contributed by atoms with E-state index in [2.05, 4.69) is 4.74 Å². The van der Waals surface area contributed by atoms with Crippen LogP contribution in [0.15, 0.2) is 0 Å². The Morgan fingerprint density at radius 2 is 1.40 bits per heavy atom. The van der Waals surface area contributed by atoms with E-state index < -0.39 is 25.2 Å². The Labute approximate surface area is 68.9 Å². The Bertz CT molecular complexity index is 109. The summed E-state index contributed by atoms with van der Waals surface area (Å²) in [5.41, 5.74) is 0. The van der Waals surface area contributed by atoms with Crippen molar-refractivity contribution in [3.63, 3.8) is 0 Å². The monoisotopic (exact) mass is 183 g/mol. The Kier molecular flexibility index (Phi) is 8.05. The van der Waals surface area contributed by atoms with Crippen molar-refractivity contribution in [3.8, 4) is 0 Å². The molecular weight excluding hydrogens is 179 g/mol. The second-order valence-electron chi connectivity index (χ2n) is 1.24. The second-order valence-corrected chi connectivity index (χ2v) is 1.24. The van der Waals surface area contributed by atoms with Gasteiger partial charge in [0, 0.05) is 0 Å². The summed E-state index contributed by atoms with van der Waals surface area (Å²) in [5, 5.41) is 19.1. The van der Waals surface area contributed by atoms with Crippen LogP contribution in [0, 0.1) is 0 Å². The molecule has 0 aromatic carbocycles. The molecule has 0 aromatic heterocycles. The normalized spacial score (nSPS) is 8.00. The maximum atomic E-state index is 9.53. The van der Waals surface area contributed by atoms with Crippen LogP contribution in [0.5, 0.6) is 0 Å². The molecule has 0 amide bonds. The average molecular weight is 183 g/mol. The van der Waals surface area contributed by atoms with E-state index in [1.54, 1.807) is 0 Å². The molecule has 10 heavy (non-hydrogen) atoms. The minimum atomic E-state index is -1.45. The summed E-state index contributed by atoms with van der Waals surface area (Å²) < 4.78 is 4.03. The molecule has 0 aromatic rings. The molecule has 0 aliphatic rings. The minimum Gasteiger partial charge on any atom is -0.548 e. The number of carboxylic acid groups (broad SMARTS) is 2. The molecule has 0 saturated carbocycles. The fourth-order valence-electron chi connectivity index (χ4n) is 0.218. The minimum absolute atomic E-state index is 0. The van der Waals surface area contributed by atoms with Crippen LogP contribution in [0.2, 0.25) is 0 Å². The SMILES string of the molecule is O=C([O-])COCC(=O)[O-].[V+2]. The van der Waals surface area contributed by atoms with Crippen molar-refractivity contribution in [1.29, 1.82) is 0 Å². The molecule has 0 heterocycles. The van der Waals surface area contributed by atoms with Crippen LogP contribution in [0.25, 0.3) is 0 Å². The number of carbonyl (C=O) groups is 2. The van der Waals surface area contributed by atoms with Gasteiger partial charge in [-0.1, -0.05) is 0 Å². The van der Waals surface area contributed by atoms with E-state index in [0.717, 1.165) is 0 Å². The van der Waals surface area contributed by atoms with E-state index in [1.807, 2.05) is 0 Å². The molecule has 0 aliphatic heterocycles. The fraction of sp³-hybridized carbons (Fsp3) is 0.500. The first-order chi connectivity index (χ1) is 4.13. The number of aliphatic carboxylic acids is 2. The van der Waals surface area contributed by atoms with Crippen molar-refractivity contribution in [2.45, 2.75) is 0 Å². The molecule has 0 spiro atoms. The predicted octanol–water partition coefficient (Wildman–Crippen LogP) is -3.50. The van der Waals surface area contributed by atoms with Gasteiger partial charge >= 0.3 is 18.6 Å². The molecule has 5 nitrogen and oxygen atoms in total. The van der Waals surface area contributed by atoms with Crippen LogP contribution in [-0.4, -0.2) is 25.2 Å². The molecule has 0 fully saturated rings. The van der Waals surface area contributed by atoms with Crippen LogP contribution < -0.4 is 10.2 Å². The van der Waals surface area contributed by atoms with Gasteiger partial charge in [-0.25, -0.2) is 0 Å². The summed E-state index contributed by atoms with van der Waals surface area (Å²) in [7, 11) is 0. The van der Waals surface area contributed by atoms with Crippen molar-refractivity contribution in [3.05, 3.63) is 0 Å². The Hall–Kier alpha value is -0.516. The zero-order valence-electron chi connectivity index (χ0n) is 4.90. The number of ether oxygens (including phenoxy) is 1. The zero-order chi connectivity index (χ0) is 7.28. The van der Waals surface area contributed by atoms with E-state index in [4.69, 9.17) is 0 Å². The Balaban J connectivity index is 0. The summed E-state index contributed by atoms with van der Waals surface area (Å²) in [5.74, 6) is -2.90. The third-order valence-corrected chi connectivity index (χ3v) is 0.440. The first-order valence-electron chi connectivity index (χ1n) is 2.10. The number of carboxylic acids is 2. The Morgan fingerprint density at radius 1 is 1.10 bits per heavy atom. The molecule has 6 heteroatoms. The van der Waals surface area contributed by atoms with Gasteiger partial charge in [-0.15, -0.1) is 0 Å².